The molecular weight excluding hydrogens is 536 g/mol. The number of halogens is 4. The SMILES string of the molecule is O=C(CCc1cc(-c2cnc(C(F)(F)F)nc2)cc(C2CC2)n1)[C@@H]1C2CC(C2)N1S(=O)(=O)c1ccc(F)cc1. The Morgan fingerprint density at radius 2 is 1.67 bits per heavy atom. The Balaban J connectivity index is 1.22. The second kappa shape index (κ2) is 9.44. The minimum Gasteiger partial charge on any atom is -0.298 e. The number of nitrogens with zero attached hydrogens (tertiary/aromatic N) is 4. The summed E-state index contributed by atoms with van der Waals surface area (Å²) in [5.41, 5.74) is 2.43. The van der Waals surface area contributed by atoms with E-state index in [1.807, 2.05) is 6.07 Å². The largest absolute Gasteiger partial charge is 0.451 e. The second-order valence-corrected chi connectivity index (χ2v) is 12.3. The summed E-state index contributed by atoms with van der Waals surface area (Å²) in [7, 11) is -3.97. The van der Waals surface area contributed by atoms with Gasteiger partial charge in [-0.15, -0.1) is 0 Å². The molecule has 0 N–H and O–H groups in total. The van der Waals surface area contributed by atoms with Crippen LogP contribution >= 0.6 is 0 Å². The van der Waals surface area contributed by atoms with Crippen LogP contribution in [-0.4, -0.2) is 45.5 Å². The number of Topliss-reactive ketones (excluding diaryl/α,β-unsaturated/α-hetero) is 1. The molecule has 4 fully saturated rings. The van der Waals surface area contributed by atoms with Crippen molar-refractivity contribution in [2.45, 2.75) is 67.6 Å². The van der Waals surface area contributed by atoms with Crippen molar-refractivity contribution in [2.75, 3.05) is 0 Å². The van der Waals surface area contributed by atoms with Gasteiger partial charge in [-0.05, 0) is 80.0 Å². The molecule has 2 aromatic heterocycles. The van der Waals surface area contributed by atoms with Gasteiger partial charge in [-0.2, -0.15) is 17.5 Å². The van der Waals surface area contributed by atoms with E-state index in [-0.39, 0.29) is 41.4 Å². The van der Waals surface area contributed by atoms with E-state index in [1.165, 1.54) is 16.4 Å². The third kappa shape index (κ3) is 4.95. The number of rotatable bonds is 8. The number of ketones is 1. The standard InChI is InChI=1S/C27H24F4N4O3S/c28-19-3-6-22(7-4-19)39(37,38)35-21-10-17(11-21)25(35)24(36)8-5-20-9-16(12-23(34-20)15-1-2-15)18-13-32-26(33-14-18)27(29,30)31/h3-4,6-7,9,12-15,17,21,25H,1-2,5,8,10-11H2/t17?,21?,25-/m0/s1. The maximum absolute atomic E-state index is 13.4. The van der Waals surface area contributed by atoms with E-state index in [4.69, 9.17) is 0 Å². The van der Waals surface area contributed by atoms with Gasteiger partial charge in [-0.3, -0.25) is 9.78 Å². The van der Waals surface area contributed by atoms with Gasteiger partial charge in [0.1, 0.15) is 5.82 Å². The number of carbonyl (C=O) groups is 1. The number of benzene rings is 1. The van der Waals surface area contributed by atoms with Crippen LogP contribution in [0.3, 0.4) is 0 Å². The monoisotopic (exact) mass is 560 g/mol. The summed E-state index contributed by atoms with van der Waals surface area (Å²) >= 11 is 0. The van der Waals surface area contributed by atoms with Crippen molar-refractivity contribution in [2.24, 2.45) is 5.92 Å². The number of hydrogen-bond donors (Lipinski definition) is 0. The molecular formula is C27H24F4N4O3S. The number of alkyl halides is 3. The fraction of sp³-hybridized carbons (Fsp3) is 0.407. The summed E-state index contributed by atoms with van der Waals surface area (Å²) in [5, 5.41) is 0. The molecule has 0 unspecified atom stereocenters. The van der Waals surface area contributed by atoms with E-state index in [9.17, 15) is 30.8 Å². The van der Waals surface area contributed by atoms with Gasteiger partial charge in [-0.1, -0.05) is 0 Å². The number of aryl methyl sites for hydroxylation is 1. The fourth-order valence-corrected chi connectivity index (χ4v) is 7.40. The van der Waals surface area contributed by atoms with Crippen molar-refractivity contribution in [3.05, 3.63) is 71.8 Å². The van der Waals surface area contributed by atoms with Crippen LogP contribution in [0.25, 0.3) is 11.1 Å². The summed E-state index contributed by atoms with van der Waals surface area (Å²) in [5.74, 6) is -1.76. The lowest BCUT2D eigenvalue weighted by molar-refractivity contribution is -0.145. The molecule has 0 radical (unpaired) electrons. The number of aromatic nitrogens is 3. The zero-order valence-electron chi connectivity index (χ0n) is 20.6. The Morgan fingerprint density at radius 3 is 2.28 bits per heavy atom. The molecule has 1 aromatic carbocycles. The third-order valence-corrected chi connectivity index (χ3v) is 9.66. The highest BCUT2D eigenvalue weighted by Crippen LogP contribution is 2.49. The first kappa shape index (κ1) is 26.0. The van der Waals surface area contributed by atoms with Crippen LogP contribution in [0.4, 0.5) is 17.6 Å². The molecule has 7 rings (SSSR count). The van der Waals surface area contributed by atoms with Gasteiger partial charge < -0.3 is 0 Å². The Bertz CT molecular complexity index is 1520. The van der Waals surface area contributed by atoms with Gasteiger partial charge in [0.2, 0.25) is 15.8 Å². The molecule has 0 amide bonds. The quantitative estimate of drug-likeness (QED) is 0.363. The van der Waals surface area contributed by atoms with Crippen LogP contribution in [0.1, 0.15) is 55.2 Å². The maximum Gasteiger partial charge on any atom is 0.451 e. The van der Waals surface area contributed by atoms with Crippen LogP contribution in [0, 0.1) is 11.7 Å². The van der Waals surface area contributed by atoms with Gasteiger partial charge in [0.15, 0.2) is 5.78 Å². The smallest absolute Gasteiger partial charge is 0.298 e. The average molecular weight is 561 g/mol. The molecule has 3 aromatic rings. The van der Waals surface area contributed by atoms with Gasteiger partial charge >= 0.3 is 6.18 Å². The van der Waals surface area contributed by atoms with Crippen LogP contribution < -0.4 is 0 Å². The average Bonchev–Trinajstić information content (AvgIpc) is 3.56. The Morgan fingerprint density at radius 1 is 1.00 bits per heavy atom. The predicted octanol–water partition coefficient (Wildman–Crippen LogP) is 4.93. The Hall–Kier alpha value is -3.25. The van der Waals surface area contributed by atoms with E-state index in [2.05, 4.69) is 15.0 Å². The normalized spacial score (nSPS) is 23.0. The number of hydrogen-bond acceptors (Lipinski definition) is 6. The predicted molar refractivity (Wildman–Crippen MR) is 131 cm³/mol. The second-order valence-electron chi connectivity index (χ2n) is 10.4. The number of carbonyl (C=O) groups excluding carboxylic acids is 1. The van der Waals surface area contributed by atoms with Crippen molar-refractivity contribution in [3.63, 3.8) is 0 Å². The van der Waals surface area contributed by atoms with Crippen molar-refractivity contribution in [1.29, 1.82) is 0 Å². The molecule has 0 spiro atoms. The first-order valence-electron chi connectivity index (χ1n) is 12.7. The van der Waals surface area contributed by atoms with E-state index in [1.54, 1.807) is 6.07 Å². The van der Waals surface area contributed by atoms with Crippen LogP contribution in [0.15, 0.2) is 53.7 Å². The van der Waals surface area contributed by atoms with Gasteiger partial charge in [-0.25, -0.2) is 22.8 Å². The number of fused-ring (bicyclic) bond motifs is 1. The molecule has 2 saturated heterocycles. The summed E-state index contributed by atoms with van der Waals surface area (Å²) in [6.07, 6.45) is 1.08. The van der Waals surface area contributed by atoms with Gasteiger partial charge in [0.25, 0.3) is 0 Å². The molecule has 2 bridgehead atoms. The highest BCUT2D eigenvalue weighted by molar-refractivity contribution is 7.89. The minimum atomic E-state index is -4.64. The van der Waals surface area contributed by atoms with Gasteiger partial charge in [0, 0.05) is 47.7 Å². The lowest BCUT2D eigenvalue weighted by Crippen LogP contribution is -2.41. The van der Waals surface area contributed by atoms with Crippen molar-refractivity contribution < 1.29 is 30.8 Å². The molecule has 12 heteroatoms. The number of pyridine rings is 1. The first-order valence-corrected chi connectivity index (χ1v) is 14.2. The molecule has 204 valence electrons. The molecule has 39 heavy (non-hydrogen) atoms. The number of sulfonamides is 1. The van der Waals surface area contributed by atoms with E-state index < -0.39 is 33.9 Å². The first-order chi connectivity index (χ1) is 18.5. The molecule has 2 saturated carbocycles. The van der Waals surface area contributed by atoms with Crippen molar-refractivity contribution in [3.8, 4) is 11.1 Å². The molecule has 2 aliphatic heterocycles. The minimum absolute atomic E-state index is 0.0450. The Labute approximate surface area is 222 Å². The van der Waals surface area contributed by atoms with Crippen LogP contribution in [0.2, 0.25) is 0 Å². The molecule has 2 aliphatic carbocycles. The third-order valence-electron chi connectivity index (χ3n) is 7.71. The molecule has 4 heterocycles. The van der Waals surface area contributed by atoms with Crippen LogP contribution in [-0.2, 0) is 27.4 Å². The van der Waals surface area contributed by atoms with E-state index in [0.29, 0.717) is 29.7 Å². The lowest BCUT2D eigenvalue weighted by Gasteiger charge is -2.25. The zero-order chi connectivity index (χ0) is 27.5. The van der Waals surface area contributed by atoms with Crippen molar-refractivity contribution >= 4 is 15.8 Å². The highest BCUT2D eigenvalue weighted by atomic mass is 32.2. The summed E-state index contributed by atoms with van der Waals surface area (Å²) in [4.78, 5) is 24.9. The van der Waals surface area contributed by atoms with Crippen LogP contribution in [0.5, 0.6) is 0 Å². The summed E-state index contributed by atoms with van der Waals surface area (Å²) in [6.45, 7) is 0. The van der Waals surface area contributed by atoms with E-state index >= 15 is 0 Å². The fourth-order valence-electron chi connectivity index (χ4n) is 5.53. The summed E-state index contributed by atoms with van der Waals surface area (Å²) < 4.78 is 80.0. The molecule has 4 aliphatic rings. The topological polar surface area (TPSA) is 93.1 Å². The zero-order valence-corrected chi connectivity index (χ0v) is 21.4. The maximum atomic E-state index is 13.4. The summed E-state index contributed by atoms with van der Waals surface area (Å²) in [6, 6.07) is 7.10. The van der Waals surface area contributed by atoms with Crippen molar-refractivity contribution in [1.82, 2.24) is 19.3 Å². The lowest BCUT2D eigenvalue weighted by atomic mass is 9.81. The molecule has 7 nitrogen and oxygen atoms in total. The highest BCUT2D eigenvalue weighted by Gasteiger charge is 2.58. The van der Waals surface area contributed by atoms with E-state index in [0.717, 1.165) is 43.1 Å². The Kier molecular flexibility index (Phi) is 6.29. The molecule has 1 atom stereocenters. The van der Waals surface area contributed by atoms with Gasteiger partial charge in [0.05, 0.1) is 10.9 Å².